The Balaban J connectivity index is 1.27. The van der Waals surface area contributed by atoms with Gasteiger partial charge in [-0.3, -0.25) is 34.0 Å². The number of amides is 4. The number of esters is 1. The third-order valence-electron chi connectivity index (χ3n) is 12.8. The molecule has 2 fully saturated rings. The number of nitrogens with zero attached hydrogens (tertiary/aromatic N) is 6. The number of hydrazine groups is 1. The summed E-state index contributed by atoms with van der Waals surface area (Å²) >= 11 is 1.46. The summed E-state index contributed by atoms with van der Waals surface area (Å²) in [6, 6.07) is 7.62. The molecule has 7 rings (SSSR count). The van der Waals surface area contributed by atoms with Crippen LogP contribution in [0.1, 0.15) is 83.9 Å². The number of methoxy groups -OCH3 is 1. The predicted molar refractivity (Wildman–Crippen MR) is 246 cm³/mol. The topological polar surface area (TPSA) is 168 Å². The summed E-state index contributed by atoms with van der Waals surface area (Å²) in [7, 11) is 3.28. The average molecular weight is 895 g/mol. The fourth-order valence-corrected chi connectivity index (χ4v) is 10.3. The highest BCUT2D eigenvalue weighted by Crippen LogP contribution is 2.42. The normalized spacial score (nSPS) is 21.3. The van der Waals surface area contributed by atoms with E-state index in [1.165, 1.54) is 27.3 Å². The third kappa shape index (κ3) is 9.50. The maximum Gasteiger partial charge on any atom is 0.324 e. The number of ether oxygens (including phenoxy) is 2. The number of fused-ring (bicyclic) bond motifs is 6. The first kappa shape index (κ1) is 46.5. The zero-order valence-corrected chi connectivity index (χ0v) is 39.1. The maximum absolute atomic E-state index is 14.6. The highest BCUT2D eigenvalue weighted by atomic mass is 32.1. The number of pyridine rings is 1. The van der Waals surface area contributed by atoms with Crippen molar-refractivity contribution in [1.29, 1.82) is 0 Å². The molecule has 3 aliphatic heterocycles. The van der Waals surface area contributed by atoms with Gasteiger partial charge >= 0.3 is 5.97 Å². The van der Waals surface area contributed by atoms with Gasteiger partial charge in [-0.05, 0) is 87.4 Å². The number of aryl methyl sites for hydroxylation is 1. The molecule has 0 spiro atoms. The lowest BCUT2D eigenvalue weighted by Crippen LogP contribution is -2.62. The van der Waals surface area contributed by atoms with Crippen LogP contribution in [-0.2, 0) is 52.8 Å². The molecule has 1 aromatic carbocycles. The zero-order valence-electron chi connectivity index (χ0n) is 38.3. The second kappa shape index (κ2) is 19.3. The number of benzene rings is 1. The minimum Gasteiger partial charge on any atom is -0.464 e. The van der Waals surface area contributed by atoms with Crippen molar-refractivity contribution in [1.82, 2.24) is 40.1 Å². The zero-order chi connectivity index (χ0) is 46.0. The summed E-state index contributed by atoms with van der Waals surface area (Å²) in [5, 5.41) is 8.15. The summed E-state index contributed by atoms with van der Waals surface area (Å²) in [4.78, 5) is 81.9. The summed E-state index contributed by atoms with van der Waals surface area (Å²) in [5.41, 5.74) is 9.13. The van der Waals surface area contributed by atoms with Crippen molar-refractivity contribution in [3.8, 4) is 21.8 Å². The first-order valence-corrected chi connectivity index (χ1v) is 23.2. The fraction of sp³-hybridized carbons (Fsp3) is 0.521. The number of aromatic nitrogens is 3. The van der Waals surface area contributed by atoms with E-state index in [1.807, 2.05) is 32.2 Å². The number of hydrogen-bond acceptors (Lipinski definition) is 11. The Morgan fingerprint density at radius 1 is 1.16 bits per heavy atom. The molecule has 0 saturated carbocycles. The van der Waals surface area contributed by atoms with E-state index in [2.05, 4.69) is 66.9 Å². The molecule has 64 heavy (non-hydrogen) atoms. The van der Waals surface area contributed by atoms with Crippen LogP contribution in [0.5, 0.6) is 0 Å². The van der Waals surface area contributed by atoms with Crippen LogP contribution < -0.4 is 10.7 Å². The van der Waals surface area contributed by atoms with Crippen LogP contribution >= 0.6 is 11.3 Å². The first-order chi connectivity index (χ1) is 30.5. The Morgan fingerprint density at radius 2 is 1.94 bits per heavy atom. The lowest BCUT2D eigenvalue weighted by atomic mass is 9.84. The molecule has 6 bridgehead atoms. The van der Waals surface area contributed by atoms with E-state index in [0.717, 1.165) is 44.0 Å². The van der Waals surface area contributed by atoms with Crippen LogP contribution in [0, 0.1) is 17.3 Å². The molecule has 342 valence electrons. The molecule has 0 radical (unpaired) electrons. The van der Waals surface area contributed by atoms with Crippen LogP contribution in [-0.4, -0.2) is 117 Å². The van der Waals surface area contributed by atoms with E-state index in [0.29, 0.717) is 51.0 Å². The standard InChI is InChI=1S/C48H62N8O7S/c1-10-39(57)54-21-18-31(25-54)45(59)53(8)41(28(3)4)43(58)51-37-23-32-26-64-44(50-32)30-16-17-38-34(22-30)35(42(55(38)11-2)33-14-12-19-49-40(33)29(5)62-9)24-48(6,7)27-63-47(61)36-15-13-20-56(52-36)46(37)60/h10,12,14,16-17,19,22,26,28-29,31,36-37,41,52H,1,11,13,15,18,20-21,23-25,27H2,2-9H3,(H,51,58)/t29-,31-,36-,37-,41-/m0/s1. The number of cyclic esters (lactones) is 1. The number of hydrogen-bond donors (Lipinski definition) is 2. The lowest BCUT2D eigenvalue weighted by Gasteiger charge is -2.37. The van der Waals surface area contributed by atoms with Crippen molar-refractivity contribution in [2.24, 2.45) is 17.3 Å². The van der Waals surface area contributed by atoms with Crippen LogP contribution in [0.2, 0.25) is 0 Å². The number of carbonyl (C=O) groups excluding carboxylic acids is 5. The van der Waals surface area contributed by atoms with Crippen LogP contribution in [0.4, 0.5) is 0 Å². The van der Waals surface area contributed by atoms with Crippen molar-refractivity contribution in [3.63, 3.8) is 0 Å². The Morgan fingerprint density at radius 3 is 2.66 bits per heavy atom. The Bertz CT molecular complexity index is 2420. The molecule has 2 N–H and O–H groups in total. The minimum atomic E-state index is -1.09. The van der Waals surface area contributed by atoms with Crippen molar-refractivity contribution < 1.29 is 33.4 Å². The van der Waals surface area contributed by atoms with Gasteiger partial charge in [-0.15, -0.1) is 11.3 Å². The molecule has 3 aromatic heterocycles. The quantitative estimate of drug-likeness (QED) is 0.149. The molecule has 5 atom stereocenters. The number of likely N-dealkylation sites (tertiary alicyclic amines) is 1. The first-order valence-electron chi connectivity index (χ1n) is 22.4. The molecule has 15 nitrogen and oxygen atoms in total. The fourth-order valence-electron chi connectivity index (χ4n) is 9.47. The molecule has 16 heteroatoms. The van der Waals surface area contributed by atoms with Crippen molar-refractivity contribution in [3.05, 3.63) is 71.5 Å². The summed E-state index contributed by atoms with van der Waals surface area (Å²) in [6.45, 7) is 17.4. The highest BCUT2D eigenvalue weighted by Gasteiger charge is 2.40. The Kier molecular flexibility index (Phi) is 14.1. The van der Waals surface area contributed by atoms with Gasteiger partial charge in [0, 0.05) is 85.8 Å². The molecule has 6 heterocycles. The number of carbonyl (C=O) groups is 5. The van der Waals surface area contributed by atoms with E-state index in [4.69, 9.17) is 19.4 Å². The molecular formula is C48H62N8O7S. The Hall–Kier alpha value is -5.45. The number of likely N-dealkylation sites (N-methyl/N-ethyl adjacent to an activating group) is 1. The van der Waals surface area contributed by atoms with E-state index in [1.54, 1.807) is 25.3 Å². The number of nitrogens with one attached hydrogen (secondary N) is 2. The van der Waals surface area contributed by atoms with Crippen LogP contribution in [0.15, 0.2) is 54.6 Å². The second-order valence-corrected chi connectivity index (χ2v) is 19.3. The third-order valence-corrected chi connectivity index (χ3v) is 13.8. The summed E-state index contributed by atoms with van der Waals surface area (Å²) < 4.78 is 14.2. The van der Waals surface area contributed by atoms with E-state index >= 15 is 0 Å². The van der Waals surface area contributed by atoms with Gasteiger partial charge in [0.15, 0.2) is 0 Å². The largest absolute Gasteiger partial charge is 0.464 e. The molecule has 0 aliphatic carbocycles. The SMILES string of the molecule is C=CC(=O)N1CC[C@H](C(=O)N(C)[C@H](C(=O)N[C@H]2Cc3csc(n3)-c3ccc4c(c3)c(c(-c3cccnc3[C@H](C)OC)n4CC)CC(C)(C)COC(=O)[C@@H]3CCCN(N3)C2=O)C(C)C)C1. The van der Waals surface area contributed by atoms with Gasteiger partial charge < -0.3 is 29.2 Å². The minimum absolute atomic E-state index is 0.0671. The van der Waals surface area contributed by atoms with Gasteiger partial charge in [-0.2, -0.15) is 0 Å². The number of rotatable bonds is 10. The molecule has 2 saturated heterocycles. The molecule has 4 amide bonds. The van der Waals surface area contributed by atoms with Crippen LogP contribution in [0.25, 0.3) is 32.7 Å². The van der Waals surface area contributed by atoms with Gasteiger partial charge in [0.25, 0.3) is 5.91 Å². The molecule has 4 aromatic rings. The average Bonchev–Trinajstić information content (AvgIpc) is 4.05. The summed E-state index contributed by atoms with van der Waals surface area (Å²) in [6.07, 6.45) is 4.89. The second-order valence-electron chi connectivity index (χ2n) is 18.4. The van der Waals surface area contributed by atoms with Crippen LogP contribution in [0.3, 0.4) is 0 Å². The van der Waals surface area contributed by atoms with Gasteiger partial charge in [0.1, 0.15) is 23.1 Å². The predicted octanol–water partition coefficient (Wildman–Crippen LogP) is 5.72. The van der Waals surface area contributed by atoms with Crippen molar-refractivity contribution in [2.75, 3.05) is 40.4 Å². The van der Waals surface area contributed by atoms with E-state index < -0.39 is 47.2 Å². The van der Waals surface area contributed by atoms with E-state index in [9.17, 15) is 24.0 Å². The van der Waals surface area contributed by atoms with Crippen molar-refractivity contribution in [2.45, 2.75) is 104 Å². The van der Waals surface area contributed by atoms with Gasteiger partial charge in [0.05, 0.1) is 35.7 Å². The van der Waals surface area contributed by atoms with Crippen molar-refractivity contribution >= 4 is 51.8 Å². The maximum atomic E-state index is 14.6. The van der Waals surface area contributed by atoms with Gasteiger partial charge in [-0.25, -0.2) is 10.4 Å². The van der Waals surface area contributed by atoms with E-state index in [-0.39, 0.29) is 43.4 Å². The van der Waals surface area contributed by atoms with Gasteiger partial charge in [-0.1, -0.05) is 34.3 Å². The highest BCUT2D eigenvalue weighted by molar-refractivity contribution is 7.13. The van der Waals surface area contributed by atoms with Gasteiger partial charge in [0.2, 0.25) is 17.7 Å². The molecule has 0 unspecified atom stereocenters. The monoisotopic (exact) mass is 894 g/mol. The smallest absolute Gasteiger partial charge is 0.324 e. The molecule has 3 aliphatic rings. The lowest BCUT2D eigenvalue weighted by molar-refractivity contribution is -0.155. The summed E-state index contributed by atoms with van der Waals surface area (Å²) in [5.74, 6) is -2.64. The molecular weight excluding hydrogens is 833 g/mol. The number of thiazole rings is 1. The Labute approximate surface area is 379 Å².